The molecule has 5 heteroatoms. The highest BCUT2D eigenvalue weighted by Crippen LogP contribution is 2.34. The molecule has 5 nitrogen and oxygen atoms in total. The number of piperidine rings is 1. The van der Waals surface area contributed by atoms with Gasteiger partial charge in [-0.3, -0.25) is 9.69 Å². The monoisotopic (exact) mass is 371 g/mol. The third kappa shape index (κ3) is 4.82. The maximum Gasteiger partial charge on any atom is 0.225 e. The van der Waals surface area contributed by atoms with Crippen molar-refractivity contribution in [2.45, 2.75) is 45.1 Å². The van der Waals surface area contributed by atoms with E-state index >= 15 is 0 Å². The summed E-state index contributed by atoms with van der Waals surface area (Å²) >= 11 is 0. The zero-order valence-corrected chi connectivity index (χ0v) is 16.7. The van der Waals surface area contributed by atoms with Crippen LogP contribution in [0.5, 0.6) is 5.75 Å². The van der Waals surface area contributed by atoms with E-state index in [1.807, 2.05) is 25.1 Å². The quantitative estimate of drug-likeness (QED) is 0.800. The smallest absolute Gasteiger partial charge is 0.225 e. The highest BCUT2D eigenvalue weighted by atomic mass is 16.5. The minimum Gasteiger partial charge on any atom is -0.495 e. The van der Waals surface area contributed by atoms with Gasteiger partial charge in [0.15, 0.2) is 0 Å². The standard InChI is InChI=1S/C22H33N3O2/c1-16-3-8-21(27-2)20(11-16)23-22(26)9-10-24-12-18-6-7-19(15-24)25(14-18)13-17-4-5-17/h3,8,11,17-19H,4-7,9-10,12-15H2,1-2H3,(H,23,26)/t18-,19+/m1/s1. The predicted octanol–water partition coefficient (Wildman–Crippen LogP) is 3.14. The number of anilines is 1. The molecule has 3 saturated heterocycles. The van der Waals surface area contributed by atoms with Gasteiger partial charge in [0.2, 0.25) is 5.91 Å². The highest BCUT2D eigenvalue weighted by molar-refractivity contribution is 5.92. The van der Waals surface area contributed by atoms with Gasteiger partial charge in [0.25, 0.3) is 0 Å². The van der Waals surface area contributed by atoms with Crippen LogP contribution in [0.15, 0.2) is 18.2 Å². The number of benzene rings is 1. The molecule has 2 bridgehead atoms. The van der Waals surface area contributed by atoms with E-state index in [0.29, 0.717) is 12.5 Å². The number of nitrogens with one attached hydrogen (secondary N) is 1. The second-order valence-electron chi connectivity index (χ2n) is 8.76. The van der Waals surface area contributed by atoms with Crippen LogP contribution in [0, 0.1) is 18.8 Å². The summed E-state index contributed by atoms with van der Waals surface area (Å²) in [5.74, 6) is 2.54. The van der Waals surface area contributed by atoms with Crippen molar-refractivity contribution >= 4 is 11.6 Å². The van der Waals surface area contributed by atoms with Crippen LogP contribution >= 0.6 is 0 Å². The lowest BCUT2D eigenvalue weighted by Gasteiger charge is -2.36. The third-order valence-electron chi connectivity index (χ3n) is 6.38. The van der Waals surface area contributed by atoms with Crippen molar-refractivity contribution in [3.63, 3.8) is 0 Å². The Morgan fingerprint density at radius 3 is 2.81 bits per heavy atom. The summed E-state index contributed by atoms with van der Waals surface area (Å²) in [4.78, 5) is 17.8. The van der Waals surface area contributed by atoms with E-state index in [4.69, 9.17) is 4.74 Å². The highest BCUT2D eigenvalue weighted by Gasteiger charge is 2.37. The van der Waals surface area contributed by atoms with Crippen LogP contribution in [0.4, 0.5) is 5.69 Å². The number of carbonyl (C=O) groups excluding carboxylic acids is 1. The van der Waals surface area contributed by atoms with Crippen molar-refractivity contribution in [2.24, 2.45) is 11.8 Å². The van der Waals surface area contributed by atoms with Crippen LogP contribution in [-0.2, 0) is 4.79 Å². The zero-order valence-electron chi connectivity index (χ0n) is 16.7. The minimum atomic E-state index is 0.0744. The molecule has 5 rings (SSSR count). The number of rotatable bonds is 7. The molecule has 1 aromatic carbocycles. The maximum atomic E-state index is 12.5. The Labute approximate surface area is 163 Å². The summed E-state index contributed by atoms with van der Waals surface area (Å²) in [6.07, 6.45) is 6.09. The SMILES string of the molecule is COc1ccc(C)cc1NC(=O)CCN1C[C@H]2CC[C@@H](C1)N(CC1CC1)C2. The molecule has 1 saturated carbocycles. The molecule has 2 atom stereocenters. The van der Waals surface area contributed by atoms with Crippen molar-refractivity contribution in [2.75, 3.05) is 45.2 Å². The predicted molar refractivity (Wildman–Crippen MR) is 108 cm³/mol. The lowest BCUT2D eigenvalue weighted by atomic mass is 9.95. The Morgan fingerprint density at radius 1 is 1.19 bits per heavy atom. The average Bonchev–Trinajstić information content (AvgIpc) is 3.48. The topological polar surface area (TPSA) is 44.8 Å². The zero-order chi connectivity index (χ0) is 18.8. The summed E-state index contributed by atoms with van der Waals surface area (Å²) in [6, 6.07) is 6.57. The summed E-state index contributed by atoms with van der Waals surface area (Å²) < 4.78 is 5.37. The molecule has 3 heterocycles. The number of amides is 1. The van der Waals surface area contributed by atoms with Gasteiger partial charge in [-0.15, -0.1) is 0 Å². The molecule has 4 fully saturated rings. The van der Waals surface area contributed by atoms with Gasteiger partial charge in [-0.25, -0.2) is 0 Å². The largest absolute Gasteiger partial charge is 0.495 e. The van der Waals surface area contributed by atoms with Crippen molar-refractivity contribution in [1.82, 2.24) is 9.80 Å². The van der Waals surface area contributed by atoms with Crippen molar-refractivity contribution < 1.29 is 9.53 Å². The number of nitrogens with zero attached hydrogens (tertiary/aromatic N) is 2. The lowest BCUT2D eigenvalue weighted by molar-refractivity contribution is -0.116. The van der Waals surface area contributed by atoms with Gasteiger partial charge in [-0.1, -0.05) is 6.07 Å². The molecule has 1 N–H and O–H groups in total. The maximum absolute atomic E-state index is 12.5. The molecule has 0 aromatic heterocycles. The van der Waals surface area contributed by atoms with E-state index in [0.717, 1.165) is 48.5 Å². The van der Waals surface area contributed by atoms with Crippen molar-refractivity contribution in [1.29, 1.82) is 0 Å². The van der Waals surface area contributed by atoms with Crippen molar-refractivity contribution in [3.05, 3.63) is 23.8 Å². The van der Waals surface area contributed by atoms with Crippen LogP contribution in [0.3, 0.4) is 0 Å². The first-order valence-corrected chi connectivity index (χ1v) is 10.5. The van der Waals surface area contributed by atoms with E-state index < -0.39 is 0 Å². The van der Waals surface area contributed by atoms with Gasteiger partial charge >= 0.3 is 0 Å². The van der Waals surface area contributed by atoms with Gasteiger partial charge in [0, 0.05) is 45.2 Å². The number of carbonyl (C=O) groups is 1. The number of methoxy groups -OCH3 is 1. The van der Waals surface area contributed by atoms with E-state index in [1.54, 1.807) is 7.11 Å². The molecule has 1 aliphatic carbocycles. The molecular weight excluding hydrogens is 338 g/mol. The molecule has 148 valence electrons. The molecule has 3 aliphatic heterocycles. The molecule has 1 aromatic rings. The summed E-state index contributed by atoms with van der Waals surface area (Å²) in [5, 5.41) is 3.04. The van der Waals surface area contributed by atoms with E-state index in [9.17, 15) is 4.79 Å². The number of aryl methyl sites for hydroxylation is 1. The van der Waals surface area contributed by atoms with Gasteiger partial charge in [-0.2, -0.15) is 0 Å². The molecule has 1 amide bonds. The second-order valence-corrected chi connectivity index (χ2v) is 8.76. The van der Waals surface area contributed by atoms with Crippen molar-refractivity contribution in [3.8, 4) is 5.75 Å². The summed E-state index contributed by atoms with van der Waals surface area (Å²) in [7, 11) is 1.64. The number of ether oxygens (including phenoxy) is 1. The van der Waals surface area contributed by atoms with Crippen LogP contribution in [0.1, 0.15) is 37.7 Å². The number of hydrogen-bond donors (Lipinski definition) is 1. The summed E-state index contributed by atoms with van der Waals surface area (Å²) in [6.45, 7) is 7.73. The molecule has 4 aliphatic rings. The summed E-state index contributed by atoms with van der Waals surface area (Å²) in [5.41, 5.74) is 1.89. The fourth-order valence-electron chi connectivity index (χ4n) is 4.71. The first kappa shape index (κ1) is 18.8. The van der Waals surface area contributed by atoms with Gasteiger partial charge in [-0.05, 0) is 62.1 Å². The number of fused-ring (bicyclic) bond motifs is 4. The Bertz CT molecular complexity index is 674. The normalized spacial score (nSPS) is 26.0. The molecule has 0 spiro atoms. The van der Waals surface area contributed by atoms with E-state index in [-0.39, 0.29) is 5.91 Å². The first-order valence-electron chi connectivity index (χ1n) is 10.5. The van der Waals surface area contributed by atoms with Crippen LogP contribution in [0.2, 0.25) is 0 Å². The average molecular weight is 372 g/mol. The van der Waals surface area contributed by atoms with Gasteiger partial charge in [0.05, 0.1) is 12.8 Å². The molecular formula is C22H33N3O2. The van der Waals surface area contributed by atoms with Gasteiger partial charge in [0.1, 0.15) is 5.75 Å². The minimum absolute atomic E-state index is 0.0744. The van der Waals surface area contributed by atoms with Gasteiger partial charge < -0.3 is 15.0 Å². The van der Waals surface area contributed by atoms with Crippen LogP contribution in [0.25, 0.3) is 0 Å². The number of hydrogen-bond acceptors (Lipinski definition) is 4. The van der Waals surface area contributed by atoms with E-state index in [1.165, 1.54) is 38.8 Å². The van der Waals surface area contributed by atoms with E-state index in [2.05, 4.69) is 15.1 Å². The molecule has 0 radical (unpaired) electrons. The molecule has 0 unspecified atom stereocenters. The second kappa shape index (κ2) is 8.19. The van der Waals surface area contributed by atoms with Crippen LogP contribution < -0.4 is 10.1 Å². The first-order chi connectivity index (χ1) is 13.1. The lowest BCUT2D eigenvalue weighted by Crippen LogP contribution is -2.44. The third-order valence-corrected chi connectivity index (χ3v) is 6.38. The Hall–Kier alpha value is -1.59. The van der Waals surface area contributed by atoms with Crippen LogP contribution in [-0.4, -0.2) is 61.6 Å². The Kier molecular flexibility index (Phi) is 5.69. The fraction of sp³-hybridized carbons (Fsp3) is 0.682. The Balaban J connectivity index is 1.29. The fourth-order valence-corrected chi connectivity index (χ4v) is 4.71. The Morgan fingerprint density at radius 2 is 2.04 bits per heavy atom. The molecule has 27 heavy (non-hydrogen) atoms.